The summed E-state index contributed by atoms with van der Waals surface area (Å²) >= 11 is 0. The molecule has 0 radical (unpaired) electrons. The van der Waals surface area contributed by atoms with Gasteiger partial charge in [-0.05, 0) is 25.3 Å². The fourth-order valence-electron chi connectivity index (χ4n) is 2.96. The lowest BCUT2D eigenvalue weighted by atomic mass is 10.1. The van der Waals surface area contributed by atoms with Crippen molar-refractivity contribution in [1.82, 2.24) is 19.1 Å². The summed E-state index contributed by atoms with van der Waals surface area (Å²) in [5.74, 6) is 1.22. The maximum absolute atomic E-state index is 12.1. The zero-order valence-corrected chi connectivity index (χ0v) is 12.3. The number of imidazole rings is 1. The van der Waals surface area contributed by atoms with Crippen LogP contribution in [0.15, 0.2) is 9.59 Å². The van der Waals surface area contributed by atoms with Crippen LogP contribution in [0, 0.1) is 5.92 Å². The van der Waals surface area contributed by atoms with E-state index < -0.39 is 0 Å². The van der Waals surface area contributed by atoms with Crippen LogP contribution in [-0.2, 0) is 14.1 Å². The van der Waals surface area contributed by atoms with E-state index in [9.17, 15) is 9.59 Å². The molecule has 1 saturated heterocycles. The molecular weight excluding hydrogens is 272 g/mol. The van der Waals surface area contributed by atoms with Crippen molar-refractivity contribution in [1.29, 1.82) is 0 Å². The minimum atomic E-state index is -0.368. The smallest absolute Gasteiger partial charge is 0.332 e. The summed E-state index contributed by atoms with van der Waals surface area (Å²) in [6.07, 6.45) is 2.07. The van der Waals surface area contributed by atoms with Crippen LogP contribution in [0.25, 0.3) is 11.2 Å². The molecule has 1 aliphatic rings. The van der Waals surface area contributed by atoms with Gasteiger partial charge in [0, 0.05) is 27.2 Å². The Morgan fingerprint density at radius 1 is 1.33 bits per heavy atom. The molecule has 2 aromatic heterocycles. The van der Waals surface area contributed by atoms with E-state index >= 15 is 0 Å². The average molecular weight is 292 g/mol. The van der Waals surface area contributed by atoms with E-state index in [2.05, 4.69) is 14.9 Å². The maximum Gasteiger partial charge on any atom is 0.332 e. The molecule has 8 heteroatoms. The van der Waals surface area contributed by atoms with E-state index in [0.29, 0.717) is 29.6 Å². The van der Waals surface area contributed by atoms with E-state index in [-0.39, 0.29) is 11.2 Å². The molecule has 0 aliphatic carbocycles. The Morgan fingerprint density at radius 3 is 2.81 bits per heavy atom. The number of fused-ring (bicyclic) bond motifs is 1. The fraction of sp³-hybridized carbons (Fsp3) is 0.615. The standard InChI is InChI=1S/C13H20N6O2/c1-17-10-9(11(20)18(2)13(17)21)15-12(16-10)19-6-4-8(7-19)3-5-14/h8H,3-7,14H2,1-2H3,(H,15,16). The van der Waals surface area contributed by atoms with Gasteiger partial charge in [0.15, 0.2) is 11.2 Å². The van der Waals surface area contributed by atoms with Crippen LogP contribution in [0.2, 0.25) is 0 Å². The Kier molecular flexibility index (Phi) is 3.32. The highest BCUT2D eigenvalue weighted by atomic mass is 16.2. The number of nitrogens with one attached hydrogen (secondary N) is 1. The quantitative estimate of drug-likeness (QED) is 0.766. The van der Waals surface area contributed by atoms with Crippen molar-refractivity contribution in [2.45, 2.75) is 12.8 Å². The Bertz CT molecular complexity index is 786. The second-order valence-electron chi connectivity index (χ2n) is 5.64. The number of nitrogens with two attached hydrogens (primary N) is 1. The number of anilines is 1. The van der Waals surface area contributed by atoms with Gasteiger partial charge in [0.2, 0.25) is 5.95 Å². The molecule has 2 aromatic rings. The van der Waals surface area contributed by atoms with Crippen molar-refractivity contribution in [3.05, 3.63) is 20.8 Å². The van der Waals surface area contributed by atoms with Gasteiger partial charge in [-0.3, -0.25) is 13.9 Å². The first-order valence-corrected chi connectivity index (χ1v) is 7.13. The van der Waals surface area contributed by atoms with Crippen molar-refractivity contribution >= 4 is 17.1 Å². The number of aromatic nitrogens is 4. The van der Waals surface area contributed by atoms with Crippen molar-refractivity contribution in [2.75, 3.05) is 24.5 Å². The van der Waals surface area contributed by atoms with E-state index in [1.807, 2.05) is 0 Å². The minimum Gasteiger partial charge on any atom is -0.342 e. The summed E-state index contributed by atoms with van der Waals surface area (Å²) in [4.78, 5) is 33.7. The van der Waals surface area contributed by atoms with E-state index in [1.54, 1.807) is 7.05 Å². The van der Waals surface area contributed by atoms with Crippen LogP contribution in [0.3, 0.4) is 0 Å². The molecule has 114 valence electrons. The molecule has 0 amide bonds. The van der Waals surface area contributed by atoms with Gasteiger partial charge in [0.1, 0.15) is 0 Å². The molecule has 3 N–H and O–H groups in total. The van der Waals surface area contributed by atoms with E-state index in [1.165, 1.54) is 11.6 Å². The molecular formula is C13H20N6O2. The Morgan fingerprint density at radius 2 is 2.10 bits per heavy atom. The average Bonchev–Trinajstić information content (AvgIpc) is 3.09. The largest absolute Gasteiger partial charge is 0.342 e. The van der Waals surface area contributed by atoms with Crippen LogP contribution >= 0.6 is 0 Å². The van der Waals surface area contributed by atoms with Gasteiger partial charge < -0.3 is 15.6 Å². The second-order valence-corrected chi connectivity index (χ2v) is 5.64. The van der Waals surface area contributed by atoms with Crippen molar-refractivity contribution in [3.63, 3.8) is 0 Å². The van der Waals surface area contributed by atoms with Gasteiger partial charge in [-0.2, -0.15) is 4.98 Å². The van der Waals surface area contributed by atoms with Gasteiger partial charge in [0.25, 0.3) is 5.56 Å². The molecule has 1 aliphatic heterocycles. The Hall–Kier alpha value is -2.09. The highest BCUT2D eigenvalue weighted by Crippen LogP contribution is 2.24. The summed E-state index contributed by atoms with van der Waals surface area (Å²) < 4.78 is 2.48. The lowest BCUT2D eigenvalue weighted by Crippen LogP contribution is -2.36. The third kappa shape index (κ3) is 2.15. The zero-order valence-electron chi connectivity index (χ0n) is 12.3. The van der Waals surface area contributed by atoms with Crippen LogP contribution in [0.4, 0.5) is 5.95 Å². The Labute approximate surface area is 121 Å². The van der Waals surface area contributed by atoms with Crippen molar-refractivity contribution < 1.29 is 0 Å². The highest BCUT2D eigenvalue weighted by Gasteiger charge is 2.25. The van der Waals surface area contributed by atoms with Crippen LogP contribution < -0.4 is 21.9 Å². The molecule has 3 heterocycles. The highest BCUT2D eigenvalue weighted by molar-refractivity contribution is 5.73. The number of aryl methyl sites for hydroxylation is 1. The lowest BCUT2D eigenvalue weighted by Gasteiger charge is -2.14. The van der Waals surface area contributed by atoms with Crippen molar-refractivity contribution in [2.24, 2.45) is 25.7 Å². The number of nitrogens with zero attached hydrogens (tertiary/aromatic N) is 4. The SMILES string of the molecule is Cn1c(=O)c2[nH]c(N3CCC(CCN)C3)nc2n(C)c1=O. The number of hydrogen-bond donors (Lipinski definition) is 2. The third-order valence-corrected chi connectivity index (χ3v) is 4.24. The first-order chi connectivity index (χ1) is 10.0. The number of rotatable bonds is 3. The minimum absolute atomic E-state index is 0.343. The van der Waals surface area contributed by atoms with E-state index in [0.717, 1.165) is 30.5 Å². The van der Waals surface area contributed by atoms with Crippen LogP contribution in [0.1, 0.15) is 12.8 Å². The van der Waals surface area contributed by atoms with Crippen LogP contribution in [0.5, 0.6) is 0 Å². The predicted octanol–water partition coefficient (Wildman–Crippen LogP) is -0.865. The lowest BCUT2D eigenvalue weighted by molar-refractivity contribution is 0.546. The van der Waals surface area contributed by atoms with Crippen LogP contribution in [-0.4, -0.2) is 38.7 Å². The predicted molar refractivity (Wildman–Crippen MR) is 80.6 cm³/mol. The summed E-state index contributed by atoms with van der Waals surface area (Å²) in [7, 11) is 3.09. The summed E-state index contributed by atoms with van der Waals surface area (Å²) in [5.41, 5.74) is 5.67. The monoisotopic (exact) mass is 292 g/mol. The summed E-state index contributed by atoms with van der Waals surface area (Å²) in [5, 5.41) is 0. The van der Waals surface area contributed by atoms with Gasteiger partial charge in [-0.25, -0.2) is 4.79 Å². The van der Waals surface area contributed by atoms with Gasteiger partial charge >= 0.3 is 5.69 Å². The molecule has 0 spiro atoms. The zero-order chi connectivity index (χ0) is 15.1. The first-order valence-electron chi connectivity index (χ1n) is 7.13. The molecule has 0 aromatic carbocycles. The van der Waals surface area contributed by atoms with Gasteiger partial charge in [-0.15, -0.1) is 0 Å². The molecule has 1 atom stereocenters. The normalized spacial score (nSPS) is 18.8. The molecule has 0 bridgehead atoms. The number of aromatic amines is 1. The van der Waals surface area contributed by atoms with Gasteiger partial charge in [0.05, 0.1) is 0 Å². The summed E-state index contributed by atoms with van der Waals surface area (Å²) in [6, 6.07) is 0. The molecule has 21 heavy (non-hydrogen) atoms. The topological polar surface area (TPSA) is 102 Å². The van der Waals surface area contributed by atoms with E-state index in [4.69, 9.17) is 5.73 Å². The molecule has 1 fully saturated rings. The third-order valence-electron chi connectivity index (χ3n) is 4.24. The molecule has 0 saturated carbocycles. The second kappa shape index (κ2) is 5.03. The summed E-state index contributed by atoms with van der Waals surface area (Å²) in [6.45, 7) is 2.46. The Balaban J connectivity index is 2.03. The van der Waals surface area contributed by atoms with Crippen molar-refractivity contribution in [3.8, 4) is 0 Å². The number of hydrogen-bond acceptors (Lipinski definition) is 5. The number of H-pyrrole nitrogens is 1. The molecule has 8 nitrogen and oxygen atoms in total. The molecule has 3 rings (SSSR count). The molecule has 1 unspecified atom stereocenters. The van der Waals surface area contributed by atoms with Gasteiger partial charge in [-0.1, -0.05) is 0 Å². The maximum atomic E-state index is 12.1. The fourth-order valence-corrected chi connectivity index (χ4v) is 2.96. The first kappa shape index (κ1) is 13.9.